The van der Waals surface area contributed by atoms with Gasteiger partial charge in [-0.15, -0.1) is 11.3 Å². The molecule has 1 N–H and O–H groups in total. The van der Waals surface area contributed by atoms with Crippen molar-refractivity contribution < 1.29 is 22.7 Å². The third-order valence-electron chi connectivity index (χ3n) is 2.98. The van der Waals surface area contributed by atoms with Crippen LogP contribution in [0.3, 0.4) is 0 Å². The number of aromatic nitrogens is 1. The minimum absolute atomic E-state index is 0.00987. The summed E-state index contributed by atoms with van der Waals surface area (Å²) in [7, 11) is -2.35. The molecule has 1 amide bonds. The lowest BCUT2D eigenvalue weighted by Gasteiger charge is -2.05. The summed E-state index contributed by atoms with van der Waals surface area (Å²) in [6, 6.07) is 6.89. The zero-order valence-corrected chi connectivity index (χ0v) is 16.4. The summed E-state index contributed by atoms with van der Waals surface area (Å²) >= 11 is 4.39. The first-order valence-electron chi connectivity index (χ1n) is 7.03. The minimum atomic E-state index is -3.62. The van der Waals surface area contributed by atoms with E-state index in [0.717, 1.165) is 15.8 Å². The van der Waals surface area contributed by atoms with E-state index in [4.69, 9.17) is 0 Å². The van der Waals surface area contributed by atoms with Crippen molar-refractivity contribution in [1.82, 2.24) is 4.98 Å². The Morgan fingerprint density at radius 3 is 2.80 bits per heavy atom. The molecule has 2 aromatic rings. The molecule has 2 rings (SSSR count). The van der Waals surface area contributed by atoms with E-state index in [0.29, 0.717) is 11.3 Å². The van der Waals surface area contributed by atoms with Crippen LogP contribution in [-0.2, 0) is 36.3 Å². The lowest BCUT2D eigenvalue weighted by molar-refractivity contribution is -0.139. The zero-order valence-electron chi connectivity index (χ0n) is 13.2. The Morgan fingerprint density at radius 1 is 1.36 bits per heavy atom. The van der Waals surface area contributed by atoms with Crippen molar-refractivity contribution in [1.29, 1.82) is 0 Å². The van der Waals surface area contributed by atoms with Crippen LogP contribution in [0.15, 0.2) is 34.1 Å². The lowest BCUT2D eigenvalue weighted by atomic mass is 10.2. The van der Waals surface area contributed by atoms with Gasteiger partial charge in [-0.05, 0) is 17.7 Å². The molecule has 134 valence electrons. The molecule has 0 aliphatic rings. The van der Waals surface area contributed by atoms with Gasteiger partial charge in [0.15, 0.2) is 15.0 Å². The largest absolute Gasteiger partial charge is 0.469 e. The standard InChI is InChI=1S/C15H15BrN2O5S2/c1-23-14(20)6-12-7-24-15(17-12)18-13(19)9-25(21,22)8-10-3-2-4-11(16)5-10/h2-5,7H,6,8-9H2,1H3,(H,17,18,19). The number of halogens is 1. The van der Waals surface area contributed by atoms with Gasteiger partial charge in [-0.1, -0.05) is 28.1 Å². The molecule has 0 fully saturated rings. The van der Waals surface area contributed by atoms with Crippen LogP contribution in [0, 0.1) is 0 Å². The number of thiazole rings is 1. The second kappa shape index (κ2) is 8.54. The molecule has 0 aliphatic heterocycles. The van der Waals surface area contributed by atoms with E-state index >= 15 is 0 Å². The van der Waals surface area contributed by atoms with Crippen LogP contribution >= 0.6 is 27.3 Å². The van der Waals surface area contributed by atoms with Gasteiger partial charge < -0.3 is 10.1 Å². The number of rotatable bonds is 7. The van der Waals surface area contributed by atoms with E-state index in [1.807, 2.05) is 0 Å². The Balaban J connectivity index is 1.94. The Kier molecular flexibility index (Phi) is 6.68. The first-order chi connectivity index (χ1) is 11.8. The van der Waals surface area contributed by atoms with Crippen molar-refractivity contribution in [3.05, 3.63) is 45.4 Å². The predicted octanol–water partition coefficient (Wildman–Crippen LogP) is 2.17. The number of hydrogen-bond acceptors (Lipinski definition) is 7. The number of anilines is 1. The number of ether oxygens (including phenoxy) is 1. The van der Waals surface area contributed by atoms with Crippen molar-refractivity contribution in [2.45, 2.75) is 12.2 Å². The van der Waals surface area contributed by atoms with Crippen LogP contribution in [0.25, 0.3) is 0 Å². The van der Waals surface area contributed by atoms with E-state index in [-0.39, 0.29) is 17.3 Å². The van der Waals surface area contributed by atoms with Crippen molar-refractivity contribution in [2.75, 3.05) is 18.2 Å². The SMILES string of the molecule is COC(=O)Cc1csc(NC(=O)CS(=O)(=O)Cc2cccc(Br)c2)n1. The molecule has 10 heteroatoms. The summed E-state index contributed by atoms with van der Waals surface area (Å²) in [5.74, 6) is -2.00. The van der Waals surface area contributed by atoms with Gasteiger partial charge in [0.25, 0.3) is 0 Å². The Hall–Kier alpha value is -1.78. The fourth-order valence-corrected chi connectivity index (χ4v) is 4.39. The van der Waals surface area contributed by atoms with Crippen LogP contribution in [0.4, 0.5) is 5.13 Å². The average Bonchev–Trinajstić information content (AvgIpc) is 2.92. The van der Waals surface area contributed by atoms with E-state index in [1.54, 1.807) is 29.6 Å². The number of sulfone groups is 1. The lowest BCUT2D eigenvalue weighted by Crippen LogP contribution is -2.24. The van der Waals surface area contributed by atoms with Gasteiger partial charge >= 0.3 is 5.97 Å². The molecule has 0 radical (unpaired) electrons. The third-order valence-corrected chi connectivity index (χ3v) is 5.75. The second-order valence-electron chi connectivity index (χ2n) is 5.11. The van der Waals surface area contributed by atoms with Crippen LogP contribution in [0.1, 0.15) is 11.3 Å². The van der Waals surface area contributed by atoms with Crippen LogP contribution < -0.4 is 5.32 Å². The number of benzene rings is 1. The Morgan fingerprint density at radius 2 is 2.12 bits per heavy atom. The molecule has 1 heterocycles. The molecular weight excluding hydrogens is 432 g/mol. The predicted molar refractivity (Wildman–Crippen MR) is 98.1 cm³/mol. The summed E-state index contributed by atoms with van der Waals surface area (Å²) in [6.45, 7) is 0. The highest BCUT2D eigenvalue weighted by Gasteiger charge is 2.19. The van der Waals surface area contributed by atoms with Crippen LogP contribution in [-0.4, -0.2) is 38.1 Å². The fraction of sp³-hybridized carbons (Fsp3) is 0.267. The number of carbonyl (C=O) groups excluding carboxylic acids is 2. The topological polar surface area (TPSA) is 102 Å². The number of carbonyl (C=O) groups is 2. The third kappa shape index (κ3) is 6.56. The zero-order chi connectivity index (χ0) is 18.4. The van der Waals surface area contributed by atoms with Gasteiger partial charge in [0.1, 0.15) is 5.75 Å². The molecule has 0 spiro atoms. The number of nitrogens with one attached hydrogen (secondary N) is 1. The van der Waals surface area contributed by atoms with Gasteiger partial charge in [-0.3, -0.25) is 9.59 Å². The molecule has 0 saturated carbocycles. The monoisotopic (exact) mass is 446 g/mol. The average molecular weight is 447 g/mol. The normalized spacial score (nSPS) is 11.1. The molecule has 0 atom stereocenters. The number of esters is 1. The maximum Gasteiger partial charge on any atom is 0.311 e. The van der Waals surface area contributed by atoms with Crippen LogP contribution in [0.2, 0.25) is 0 Å². The molecule has 1 aromatic heterocycles. The molecular formula is C15H15BrN2O5S2. The van der Waals surface area contributed by atoms with Crippen molar-refractivity contribution in [2.24, 2.45) is 0 Å². The molecule has 0 unspecified atom stereocenters. The van der Waals surface area contributed by atoms with Crippen molar-refractivity contribution >= 4 is 54.1 Å². The summed E-state index contributed by atoms with van der Waals surface area (Å²) in [5, 5.41) is 4.27. The van der Waals surface area contributed by atoms with E-state index in [1.165, 1.54) is 7.11 Å². The van der Waals surface area contributed by atoms with Gasteiger partial charge in [-0.25, -0.2) is 13.4 Å². The maximum absolute atomic E-state index is 12.1. The smallest absolute Gasteiger partial charge is 0.311 e. The minimum Gasteiger partial charge on any atom is -0.469 e. The summed E-state index contributed by atoms with van der Waals surface area (Å²) in [5.41, 5.74) is 1.04. The maximum atomic E-state index is 12.1. The van der Waals surface area contributed by atoms with Crippen molar-refractivity contribution in [3.63, 3.8) is 0 Å². The van der Waals surface area contributed by atoms with Gasteiger partial charge in [-0.2, -0.15) is 0 Å². The van der Waals surface area contributed by atoms with Gasteiger partial charge in [0.05, 0.1) is 25.0 Å². The number of amides is 1. The van der Waals surface area contributed by atoms with Gasteiger partial charge in [0, 0.05) is 9.85 Å². The first-order valence-corrected chi connectivity index (χ1v) is 10.5. The first kappa shape index (κ1) is 19.5. The number of nitrogens with zero attached hydrogens (tertiary/aromatic N) is 1. The molecule has 0 bridgehead atoms. The quantitative estimate of drug-likeness (QED) is 0.653. The Labute approximate surface area is 157 Å². The van der Waals surface area contributed by atoms with E-state index in [9.17, 15) is 18.0 Å². The Bertz CT molecular complexity index is 880. The molecule has 0 aliphatic carbocycles. The number of methoxy groups -OCH3 is 1. The molecule has 0 saturated heterocycles. The highest BCUT2D eigenvalue weighted by Crippen LogP contribution is 2.17. The summed E-state index contributed by atoms with van der Waals surface area (Å²) < 4.78 is 29.6. The highest BCUT2D eigenvalue weighted by molar-refractivity contribution is 9.10. The number of hydrogen-bond donors (Lipinski definition) is 1. The van der Waals surface area contributed by atoms with Crippen molar-refractivity contribution in [3.8, 4) is 0 Å². The van der Waals surface area contributed by atoms with E-state index < -0.39 is 27.5 Å². The highest BCUT2D eigenvalue weighted by atomic mass is 79.9. The summed E-state index contributed by atoms with van der Waals surface area (Å²) in [4.78, 5) is 27.2. The van der Waals surface area contributed by atoms with Crippen LogP contribution in [0.5, 0.6) is 0 Å². The molecule has 1 aromatic carbocycles. The van der Waals surface area contributed by atoms with E-state index in [2.05, 4.69) is 31.0 Å². The summed E-state index contributed by atoms with van der Waals surface area (Å²) in [6.07, 6.45) is -0.00987. The molecule has 7 nitrogen and oxygen atoms in total. The molecule has 25 heavy (non-hydrogen) atoms. The fourth-order valence-electron chi connectivity index (χ4n) is 1.95. The van der Waals surface area contributed by atoms with Gasteiger partial charge in [0.2, 0.25) is 5.91 Å². The second-order valence-corrected chi connectivity index (χ2v) is 8.95.